The summed E-state index contributed by atoms with van der Waals surface area (Å²) in [7, 11) is 0. The molecule has 0 bridgehead atoms. The second-order valence-corrected chi connectivity index (χ2v) is 6.26. The van der Waals surface area contributed by atoms with Crippen LogP contribution in [0.15, 0.2) is 63.7 Å². The molecule has 0 fully saturated rings. The molecule has 0 saturated heterocycles. The molecule has 100 valence electrons. The maximum Gasteiger partial charge on any atom is 0.107 e. The van der Waals surface area contributed by atoms with E-state index in [9.17, 15) is 5.11 Å². The molecule has 0 radical (unpaired) electrons. The van der Waals surface area contributed by atoms with Crippen LogP contribution < -0.4 is 0 Å². The molecule has 3 rings (SSSR count). The summed E-state index contributed by atoms with van der Waals surface area (Å²) in [5.41, 5.74) is 2.47. The van der Waals surface area contributed by atoms with E-state index in [1.807, 2.05) is 48.5 Å². The standard InChI is InChI=1S/C16H11Br2NO/c17-11-6-7-12(14(18)9-11)16(20)13-5-1-3-10-4-2-8-19-15(10)13/h1-9,16,20H. The summed E-state index contributed by atoms with van der Waals surface area (Å²) in [4.78, 5) is 4.39. The first-order valence-electron chi connectivity index (χ1n) is 6.13. The molecule has 0 spiro atoms. The number of hydrogen-bond acceptors (Lipinski definition) is 2. The molecule has 0 aliphatic heterocycles. The fraction of sp³-hybridized carbons (Fsp3) is 0.0625. The molecule has 20 heavy (non-hydrogen) atoms. The number of aliphatic hydroxyl groups is 1. The maximum atomic E-state index is 10.7. The van der Waals surface area contributed by atoms with Crippen LogP contribution in [0.4, 0.5) is 0 Å². The molecule has 2 aromatic carbocycles. The Bertz CT molecular complexity index is 768. The van der Waals surface area contributed by atoms with Gasteiger partial charge < -0.3 is 5.11 Å². The number of aliphatic hydroxyl groups excluding tert-OH is 1. The van der Waals surface area contributed by atoms with Crippen LogP contribution in [-0.2, 0) is 0 Å². The van der Waals surface area contributed by atoms with E-state index in [1.54, 1.807) is 6.20 Å². The lowest BCUT2D eigenvalue weighted by Gasteiger charge is -2.15. The summed E-state index contributed by atoms with van der Waals surface area (Å²) in [5.74, 6) is 0. The molecule has 0 saturated carbocycles. The molecule has 1 unspecified atom stereocenters. The zero-order valence-electron chi connectivity index (χ0n) is 10.4. The van der Waals surface area contributed by atoms with Crippen LogP contribution in [-0.4, -0.2) is 10.1 Å². The van der Waals surface area contributed by atoms with E-state index in [0.717, 1.165) is 31.0 Å². The van der Waals surface area contributed by atoms with Crippen molar-refractivity contribution in [1.82, 2.24) is 4.98 Å². The van der Waals surface area contributed by atoms with Crippen molar-refractivity contribution >= 4 is 42.8 Å². The molecule has 3 aromatic rings. The number of pyridine rings is 1. The highest BCUT2D eigenvalue weighted by Crippen LogP contribution is 2.33. The highest BCUT2D eigenvalue weighted by Gasteiger charge is 2.16. The van der Waals surface area contributed by atoms with Gasteiger partial charge in [-0.15, -0.1) is 0 Å². The zero-order chi connectivity index (χ0) is 14.1. The minimum Gasteiger partial charge on any atom is -0.384 e. The molecule has 1 N–H and O–H groups in total. The molecular weight excluding hydrogens is 382 g/mol. The summed E-state index contributed by atoms with van der Waals surface area (Å²) < 4.78 is 1.84. The van der Waals surface area contributed by atoms with Gasteiger partial charge in [0.25, 0.3) is 0 Å². The van der Waals surface area contributed by atoms with Crippen molar-refractivity contribution in [3.05, 3.63) is 74.8 Å². The monoisotopic (exact) mass is 391 g/mol. The third-order valence-electron chi connectivity index (χ3n) is 3.22. The lowest BCUT2D eigenvalue weighted by molar-refractivity contribution is 0.221. The van der Waals surface area contributed by atoms with Gasteiger partial charge in [-0.05, 0) is 23.8 Å². The fourth-order valence-corrected chi connectivity index (χ4v) is 3.50. The third kappa shape index (κ3) is 2.51. The van der Waals surface area contributed by atoms with E-state index in [4.69, 9.17) is 0 Å². The van der Waals surface area contributed by atoms with E-state index >= 15 is 0 Å². The average Bonchev–Trinajstić information content (AvgIpc) is 2.46. The Kier molecular flexibility index (Phi) is 3.87. The van der Waals surface area contributed by atoms with Gasteiger partial charge in [-0.2, -0.15) is 0 Å². The van der Waals surface area contributed by atoms with E-state index in [0.29, 0.717) is 0 Å². The predicted octanol–water partition coefficient (Wildman–Crippen LogP) is 4.84. The number of para-hydroxylation sites is 1. The second-order valence-electron chi connectivity index (χ2n) is 4.49. The minimum atomic E-state index is -0.712. The van der Waals surface area contributed by atoms with Crippen molar-refractivity contribution in [3.8, 4) is 0 Å². The summed E-state index contributed by atoms with van der Waals surface area (Å²) in [6.45, 7) is 0. The number of benzene rings is 2. The van der Waals surface area contributed by atoms with Gasteiger partial charge >= 0.3 is 0 Å². The van der Waals surface area contributed by atoms with Crippen LogP contribution in [0.2, 0.25) is 0 Å². The summed E-state index contributed by atoms with van der Waals surface area (Å²) in [5, 5.41) is 11.7. The number of aromatic nitrogens is 1. The molecule has 1 atom stereocenters. The zero-order valence-corrected chi connectivity index (χ0v) is 13.6. The van der Waals surface area contributed by atoms with Gasteiger partial charge in [-0.1, -0.05) is 62.2 Å². The molecule has 2 nitrogen and oxygen atoms in total. The molecule has 0 amide bonds. The van der Waals surface area contributed by atoms with Crippen molar-refractivity contribution in [2.24, 2.45) is 0 Å². The van der Waals surface area contributed by atoms with E-state index in [2.05, 4.69) is 36.8 Å². The van der Waals surface area contributed by atoms with Crippen molar-refractivity contribution in [3.63, 3.8) is 0 Å². The van der Waals surface area contributed by atoms with Gasteiger partial charge in [-0.3, -0.25) is 4.98 Å². The van der Waals surface area contributed by atoms with Gasteiger partial charge in [0.05, 0.1) is 5.52 Å². The van der Waals surface area contributed by atoms with Gasteiger partial charge in [-0.25, -0.2) is 0 Å². The Morgan fingerprint density at radius 3 is 2.55 bits per heavy atom. The molecule has 0 aliphatic rings. The normalized spacial score (nSPS) is 12.6. The average molecular weight is 393 g/mol. The second kappa shape index (κ2) is 5.64. The van der Waals surface area contributed by atoms with Crippen LogP contribution in [0, 0.1) is 0 Å². The Balaban J connectivity index is 2.15. The van der Waals surface area contributed by atoms with Gasteiger partial charge in [0.1, 0.15) is 6.10 Å². The van der Waals surface area contributed by atoms with E-state index < -0.39 is 6.10 Å². The fourth-order valence-electron chi connectivity index (χ4n) is 2.24. The van der Waals surface area contributed by atoms with Gasteiger partial charge in [0.15, 0.2) is 0 Å². The molecule has 1 aromatic heterocycles. The van der Waals surface area contributed by atoms with Gasteiger partial charge in [0.2, 0.25) is 0 Å². The highest BCUT2D eigenvalue weighted by molar-refractivity contribution is 9.11. The van der Waals surface area contributed by atoms with Gasteiger partial charge in [0, 0.05) is 26.1 Å². The van der Waals surface area contributed by atoms with Crippen LogP contribution >= 0.6 is 31.9 Å². The van der Waals surface area contributed by atoms with Crippen LogP contribution in [0.3, 0.4) is 0 Å². The molecular formula is C16H11Br2NO. The van der Waals surface area contributed by atoms with Crippen LogP contribution in [0.5, 0.6) is 0 Å². The summed E-state index contributed by atoms with van der Waals surface area (Å²) >= 11 is 6.92. The predicted molar refractivity (Wildman–Crippen MR) is 87.6 cm³/mol. The van der Waals surface area contributed by atoms with E-state index in [-0.39, 0.29) is 0 Å². The molecule has 1 heterocycles. The van der Waals surface area contributed by atoms with Crippen LogP contribution in [0.25, 0.3) is 10.9 Å². The smallest absolute Gasteiger partial charge is 0.107 e. The van der Waals surface area contributed by atoms with Crippen molar-refractivity contribution < 1.29 is 5.11 Å². The Hall–Kier alpha value is -1.23. The Morgan fingerprint density at radius 2 is 1.75 bits per heavy atom. The Labute approximate surface area is 133 Å². The summed E-state index contributed by atoms with van der Waals surface area (Å²) in [6, 6.07) is 15.5. The number of nitrogens with zero attached hydrogens (tertiary/aromatic N) is 1. The summed E-state index contributed by atoms with van der Waals surface area (Å²) in [6.07, 6.45) is 1.03. The van der Waals surface area contributed by atoms with Crippen LogP contribution in [0.1, 0.15) is 17.2 Å². The van der Waals surface area contributed by atoms with Crippen molar-refractivity contribution in [2.75, 3.05) is 0 Å². The number of rotatable bonds is 2. The first-order chi connectivity index (χ1) is 9.66. The largest absolute Gasteiger partial charge is 0.384 e. The third-order valence-corrected chi connectivity index (χ3v) is 4.40. The van der Waals surface area contributed by atoms with Crippen molar-refractivity contribution in [1.29, 1.82) is 0 Å². The molecule has 0 aliphatic carbocycles. The lowest BCUT2D eigenvalue weighted by atomic mass is 9.99. The minimum absolute atomic E-state index is 0.712. The van der Waals surface area contributed by atoms with Crippen molar-refractivity contribution in [2.45, 2.75) is 6.10 Å². The highest BCUT2D eigenvalue weighted by atomic mass is 79.9. The number of fused-ring (bicyclic) bond motifs is 1. The Morgan fingerprint density at radius 1 is 0.950 bits per heavy atom. The molecule has 4 heteroatoms. The maximum absolute atomic E-state index is 10.7. The first-order valence-corrected chi connectivity index (χ1v) is 7.72. The number of halogens is 2. The quantitative estimate of drug-likeness (QED) is 0.676. The van der Waals surface area contributed by atoms with E-state index in [1.165, 1.54) is 0 Å². The SMILES string of the molecule is OC(c1ccc(Br)cc1Br)c1cccc2cccnc12. The topological polar surface area (TPSA) is 33.1 Å². The lowest BCUT2D eigenvalue weighted by Crippen LogP contribution is -2.02. The number of hydrogen-bond donors (Lipinski definition) is 1. The first kappa shape index (κ1) is 13.7.